The van der Waals surface area contributed by atoms with Crippen LogP contribution in [-0.4, -0.2) is 17.0 Å². The molecule has 0 aromatic rings. The Kier molecular flexibility index (Phi) is 3.91. The zero-order valence-electron chi connectivity index (χ0n) is 9.40. The summed E-state index contributed by atoms with van der Waals surface area (Å²) < 4.78 is 0. The summed E-state index contributed by atoms with van der Waals surface area (Å²) in [6.07, 6.45) is 1.29. The van der Waals surface area contributed by atoms with Crippen LogP contribution in [0.15, 0.2) is 0 Å². The van der Waals surface area contributed by atoms with E-state index < -0.39 is 5.54 Å². The Labute approximate surface area is 81.1 Å². The maximum absolute atomic E-state index is 11.4. The molecule has 0 unspecified atom stereocenters. The van der Waals surface area contributed by atoms with E-state index >= 15 is 0 Å². The maximum atomic E-state index is 11.4. The molecule has 0 fully saturated rings. The standard InChI is InChI=1S/C10H22N2O/c1-6-10(4,5)12-8(13)7-9(2,3)11/h6-7,11H2,1-5H3,(H,12,13). The Morgan fingerprint density at radius 1 is 1.31 bits per heavy atom. The molecule has 78 valence electrons. The second-order valence-electron chi connectivity index (χ2n) is 4.95. The molecule has 0 aliphatic carbocycles. The summed E-state index contributed by atoms with van der Waals surface area (Å²) in [6.45, 7) is 9.77. The number of nitrogens with two attached hydrogens (primary N) is 1. The number of hydrogen-bond donors (Lipinski definition) is 2. The van der Waals surface area contributed by atoms with E-state index in [4.69, 9.17) is 5.73 Å². The SMILES string of the molecule is CCC(C)(C)NC(=O)CC(C)(C)N. The summed E-state index contributed by atoms with van der Waals surface area (Å²) in [5, 5.41) is 2.94. The number of nitrogens with one attached hydrogen (secondary N) is 1. The van der Waals surface area contributed by atoms with Gasteiger partial charge in [0.25, 0.3) is 0 Å². The molecule has 0 heterocycles. The lowest BCUT2D eigenvalue weighted by Crippen LogP contribution is -2.47. The number of hydrogen-bond acceptors (Lipinski definition) is 2. The quantitative estimate of drug-likeness (QED) is 0.697. The first-order valence-electron chi connectivity index (χ1n) is 4.76. The van der Waals surface area contributed by atoms with Gasteiger partial charge in [-0.2, -0.15) is 0 Å². The molecule has 3 N–H and O–H groups in total. The van der Waals surface area contributed by atoms with Crippen molar-refractivity contribution in [1.82, 2.24) is 5.32 Å². The lowest BCUT2D eigenvalue weighted by Gasteiger charge is -2.27. The zero-order chi connectivity index (χ0) is 10.7. The smallest absolute Gasteiger partial charge is 0.222 e. The molecule has 0 saturated heterocycles. The van der Waals surface area contributed by atoms with E-state index in [0.717, 1.165) is 6.42 Å². The van der Waals surface area contributed by atoms with Crippen LogP contribution < -0.4 is 11.1 Å². The Bertz CT molecular complexity index is 180. The van der Waals surface area contributed by atoms with Gasteiger partial charge in [0.05, 0.1) is 0 Å². The van der Waals surface area contributed by atoms with Crippen LogP contribution in [0, 0.1) is 0 Å². The molecule has 13 heavy (non-hydrogen) atoms. The van der Waals surface area contributed by atoms with E-state index in [1.807, 2.05) is 34.6 Å². The second-order valence-corrected chi connectivity index (χ2v) is 4.95. The highest BCUT2D eigenvalue weighted by atomic mass is 16.1. The molecular formula is C10H22N2O. The largest absolute Gasteiger partial charge is 0.351 e. The lowest BCUT2D eigenvalue weighted by atomic mass is 9.98. The summed E-state index contributed by atoms with van der Waals surface area (Å²) in [6, 6.07) is 0. The van der Waals surface area contributed by atoms with Crippen LogP contribution in [0.5, 0.6) is 0 Å². The zero-order valence-corrected chi connectivity index (χ0v) is 9.40. The van der Waals surface area contributed by atoms with Crippen molar-refractivity contribution in [3.63, 3.8) is 0 Å². The highest BCUT2D eigenvalue weighted by molar-refractivity contribution is 5.77. The Balaban J connectivity index is 4.03. The molecular weight excluding hydrogens is 164 g/mol. The van der Waals surface area contributed by atoms with E-state index in [2.05, 4.69) is 5.32 Å². The number of carbonyl (C=O) groups excluding carboxylic acids is 1. The summed E-state index contributed by atoms with van der Waals surface area (Å²) in [4.78, 5) is 11.4. The maximum Gasteiger partial charge on any atom is 0.222 e. The third-order valence-corrected chi connectivity index (χ3v) is 1.98. The molecule has 0 saturated carbocycles. The van der Waals surface area contributed by atoms with Crippen LogP contribution in [0.3, 0.4) is 0 Å². The van der Waals surface area contributed by atoms with Crippen molar-refractivity contribution in [2.45, 2.75) is 58.5 Å². The van der Waals surface area contributed by atoms with Crippen LogP contribution >= 0.6 is 0 Å². The highest BCUT2D eigenvalue weighted by Gasteiger charge is 2.22. The van der Waals surface area contributed by atoms with Crippen molar-refractivity contribution in [2.75, 3.05) is 0 Å². The monoisotopic (exact) mass is 186 g/mol. The molecule has 1 amide bonds. The summed E-state index contributed by atoms with van der Waals surface area (Å²) in [5.74, 6) is 0.0272. The van der Waals surface area contributed by atoms with Crippen LogP contribution in [0.25, 0.3) is 0 Å². The predicted molar refractivity (Wildman–Crippen MR) is 55.4 cm³/mol. The van der Waals surface area contributed by atoms with Crippen molar-refractivity contribution >= 4 is 5.91 Å². The minimum absolute atomic E-state index is 0.0272. The summed E-state index contributed by atoms with van der Waals surface area (Å²) in [7, 11) is 0. The Morgan fingerprint density at radius 3 is 2.08 bits per heavy atom. The van der Waals surface area contributed by atoms with Crippen molar-refractivity contribution in [2.24, 2.45) is 5.73 Å². The fourth-order valence-corrected chi connectivity index (χ4v) is 0.924. The first-order valence-corrected chi connectivity index (χ1v) is 4.76. The van der Waals surface area contributed by atoms with E-state index in [0.29, 0.717) is 6.42 Å². The van der Waals surface area contributed by atoms with Crippen LogP contribution in [0.2, 0.25) is 0 Å². The minimum Gasteiger partial charge on any atom is -0.351 e. The van der Waals surface area contributed by atoms with Gasteiger partial charge in [-0.15, -0.1) is 0 Å². The molecule has 0 bridgehead atoms. The van der Waals surface area contributed by atoms with Crippen LogP contribution in [0.1, 0.15) is 47.5 Å². The van der Waals surface area contributed by atoms with Gasteiger partial charge in [-0.05, 0) is 34.1 Å². The van der Waals surface area contributed by atoms with Crippen molar-refractivity contribution in [1.29, 1.82) is 0 Å². The first kappa shape index (κ1) is 12.4. The van der Waals surface area contributed by atoms with Gasteiger partial charge in [0, 0.05) is 17.5 Å². The predicted octanol–water partition coefficient (Wildman–Crippen LogP) is 1.42. The second kappa shape index (κ2) is 4.09. The third kappa shape index (κ3) is 6.58. The average Bonchev–Trinajstić information content (AvgIpc) is 1.81. The van der Waals surface area contributed by atoms with Crippen LogP contribution in [0.4, 0.5) is 0 Å². The van der Waals surface area contributed by atoms with Crippen molar-refractivity contribution in [3.05, 3.63) is 0 Å². The number of amides is 1. The number of rotatable bonds is 4. The number of carbonyl (C=O) groups is 1. The minimum atomic E-state index is -0.423. The third-order valence-electron chi connectivity index (χ3n) is 1.98. The fraction of sp³-hybridized carbons (Fsp3) is 0.900. The molecule has 0 rings (SSSR count). The van der Waals surface area contributed by atoms with Crippen molar-refractivity contribution in [3.8, 4) is 0 Å². The van der Waals surface area contributed by atoms with Gasteiger partial charge in [0.2, 0.25) is 5.91 Å². The van der Waals surface area contributed by atoms with Gasteiger partial charge in [0.15, 0.2) is 0 Å². The van der Waals surface area contributed by atoms with E-state index in [-0.39, 0.29) is 11.4 Å². The van der Waals surface area contributed by atoms with Gasteiger partial charge >= 0.3 is 0 Å². The molecule has 0 aliphatic heterocycles. The molecule has 0 aliphatic rings. The highest BCUT2D eigenvalue weighted by Crippen LogP contribution is 2.09. The molecule has 3 heteroatoms. The molecule has 0 atom stereocenters. The normalized spacial score (nSPS) is 12.8. The van der Waals surface area contributed by atoms with Gasteiger partial charge in [-0.3, -0.25) is 4.79 Å². The van der Waals surface area contributed by atoms with Gasteiger partial charge in [0.1, 0.15) is 0 Å². The summed E-state index contributed by atoms with van der Waals surface area (Å²) in [5.41, 5.74) is 5.19. The topological polar surface area (TPSA) is 55.1 Å². The lowest BCUT2D eigenvalue weighted by molar-refractivity contribution is -0.123. The Morgan fingerprint density at radius 2 is 1.77 bits per heavy atom. The Hall–Kier alpha value is -0.570. The summed E-state index contributed by atoms with van der Waals surface area (Å²) >= 11 is 0. The first-order chi connectivity index (χ1) is 5.66. The van der Waals surface area contributed by atoms with Gasteiger partial charge in [-0.1, -0.05) is 6.92 Å². The molecule has 3 nitrogen and oxygen atoms in total. The molecule has 0 aromatic heterocycles. The average molecular weight is 186 g/mol. The fourth-order valence-electron chi connectivity index (χ4n) is 0.924. The molecule has 0 spiro atoms. The van der Waals surface area contributed by atoms with Crippen molar-refractivity contribution < 1.29 is 4.79 Å². The van der Waals surface area contributed by atoms with E-state index in [9.17, 15) is 4.79 Å². The van der Waals surface area contributed by atoms with Gasteiger partial charge < -0.3 is 11.1 Å². The van der Waals surface area contributed by atoms with Crippen LogP contribution in [-0.2, 0) is 4.79 Å². The van der Waals surface area contributed by atoms with E-state index in [1.54, 1.807) is 0 Å². The van der Waals surface area contributed by atoms with E-state index in [1.165, 1.54) is 0 Å². The van der Waals surface area contributed by atoms with Gasteiger partial charge in [-0.25, -0.2) is 0 Å². The molecule has 0 radical (unpaired) electrons. The molecule has 0 aromatic carbocycles.